The quantitative estimate of drug-likeness (QED) is 0.723. The smallest absolute Gasteiger partial charge is 0.133 e. The summed E-state index contributed by atoms with van der Waals surface area (Å²) >= 11 is 0. The third-order valence-electron chi connectivity index (χ3n) is 8.45. The first-order valence-corrected chi connectivity index (χ1v) is 9.24. The van der Waals surface area contributed by atoms with Crippen LogP contribution in [0.4, 0.5) is 0 Å². The van der Waals surface area contributed by atoms with Crippen molar-refractivity contribution in [3.05, 3.63) is 0 Å². The first-order valence-electron chi connectivity index (χ1n) is 9.24. The Balaban J connectivity index is 1.68. The number of hydrogen-bond acceptors (Lipinski definition) is 3. The van der Waals surface area contributed by atoms with E-state index in [-0.39, 0.29) is 23.0 Å². The van der Waals surface area contributed by atoms with Crippen molar-refractivity contribution in [2.24, 2.45) is 34.5 Å². The highest BCUT2D eigenvalue weighted by atomic mass is 16.3. The van der Waals surface area contributed by atoms with Gasteiger partial charge in [0.1, 0.15) is 5.78 Å². The molecule has 0 bridgehead atoms. The predicted octanol–water partition coefficient (Wildman–Crippen LogP) is 2.93. The van der Waals surface area contributed by atoms with Gasteiger partial charge in [0.15, 0.2) is 0 Å². The molecule has 0 aromatic rings. The van der Waals surface area contributed by atoms with Crippen LogP contribution in [-0.2, 0) is 4.79 Å². The van der Waals surface area contributed by atoms with Gasteiger partial charge in [-0.2, -0.15) is 0 Å². The lowest BCUT2D eigenvalue weighted by molar-refractivity contribution is -0.171. The molecule has 3 heteroatoms. The first kappa shape index (κ1) is 15.1. The Morgan fingerprint density at radius 2 is 1.73 bits per heavy atom. The van der Waals surface area contributed by atoms with Gasteiger partial charge < -0.3 is 10.2 Å². The van der Waals surface area contributed by atoms with Crippen LogP contribution in [0.3, 0.4) is 0 Å². The summed E-state index contributed by atoms with van der Waals surface area (Å²) in [5, 5.41) is 21.4. The van der Waals surface area contributed by atoms with Crippen LogP contribution in [0.1, 0.15) is 65.2 Å². The molecular weight excluding hydrogens is 276 g/mol. The van der Waals surface area contributed by atoms with Crippen LogP contribution in [0.25, 0.3) is 0 Å². The second-order valence-corrected chi connectivity index (χ2v) is 9.18. The average Bonchev–Trinajstić information content (AvgIpc) is 2.77. The Kier molecular flexibility index (Phi) is 3.30. The molecule has 4 saturated carbocycles. The lowest BCUT2D eigenvalue weighted by Crippen LogP contribution is -2.58. The van der Waals surface area contributed by atoms with Crippen molar-refractivity contribution in [1.29, 1.82) is 0 Å². The summed E-state index contributed by atoms with van der Waals surface area (Å²) in [5.74, 6) is 2.11. The van der Waals surface area contributed by atoms with E-state index in [1.807, 2.05) is 0 Å². The van der Waals surface area contributed by atoms with E-state index in [9.17, 15) is 15.0 Å². The second-order valence-electron chi connectivity index (χ2n) is 9.18. The summed E-state index contributed by atoms with van der Waals surface area (Å²) in [7, 11) is 0. The van der Waals surface area contributed by atoms with E-state index in [1.165, 1.54) is 0 Å². The van der Waals surface area contributed by atoms with Crippen molar-refractivity contribution in [2.75, 3.05) is 0 Å². The highest BCUT2D eigenvalue weighted by Crippen LogP contribution is 2.65. The molecular formula is C19H30O3. The third kappa shape index (κ3) is 1.84. The number of hydrogen-bond donors (Lipinski definition) is 2. The monoisotopic (exact) mass is 306 g/mol. The van der Waals surface area contributed by atoms with Crippen LogP contribution in [0, 0.1) is 34.5 Å². The van der Waals surface area contributed by atoms with Gasteiger partial charge >= 0.3 is 0 Å². The van der Waals surface area contributed by atoms with Gasteiger partial charge in [0.2, 0.25) is 0 Å². The van der Waals surface area contributed by atoms with Crippen molar-refractivity contribution in [2.45, 2.75) is 77.4 Å². The van der Waals surface area contributed by atoms with Crippen molar-refractivity contribution >= 4 is 5.78 Å². The standard InChI is InChI=1S/C19H30O3/c1-18-7-5-12(20)9-11(18)10-15(21)17-13-3-4-16(22)19(13,2)8-6-14(17)18/h11,13-17,21-22H,3-10H2,1-2H3/t11?,13-,14-,15?,16-,17-,18-,19-/m0/s1. The topological polar surface area (TPSA) is 57.5 Å². The van der Waals surface area contributed by atoms with Gasteiger partial charge in [0, 0.05) is 12.8 Å². The van der Waals surface area contributed by atoms with Gasteiger partial charge in [0.05, 0.1) is 12.2 Å². The number of carbonyl (C=O) groups is 1. The number of Topliss-reactive ketones (excluding diaryl/α,β-unsaturated/α-hetero) is 1. The zero-order valence-corrected chi connectivity index (χ0v) is 13.9. The SMILES string of the molecule is C[C@]12CC[C@H]3[C@@H](C(O)CC4CC(=O)CC[C@@]43C)[C@@H]1CC[C@@H]2O. The van der Waals surface area contributed by atoms with E-state index in [1.54, 1.807) is 0 Å². The van der Waals surface area contributed by atoms with Gasteiger partial charge in [-0.05, 0) is 73.0 Å². The highest BCUT2D eigenvalue weighted by Gasteiger charge is 2.62. The van der Waals surface area contributed by atoms with E-state index in [2.05, 4.69) is 13.8 Å². The maximum absolute atomic E-state index is 11.9. The Morgan fingerprint density at radius 1 is 1.00 bits per heavy atom. The summed E-state index contributed by atoms with van der Waals surface area (Å²) in [4.78, 5) is 11.9. The Labute approximate surface area is 133 Å². The van der Waals surface area contributed by atoms with Crippen molar-refractivity contribution in [3.8, 4) is 0 Å². The van der Waals surface area contributed by atoms with Crippen molar-refractivity contribution in [1.82, 2.24) is 0 Å². The minimum Gasteiger partial charge on any atom is -0.393 e. The van der Waals surface area contributed by atoms with E-state index in [4.69, 9.17) is 0 Å². The van der Waals surface area contributed by atoms with Crippen LogP contribution in [0.5, 0.6) is 0 Å². The Hall–Kier alpha value is -0.410. The number of aliphatic hydroxyl groups is 2. The molecule has 22 heavy (non-hydrogen) atoms. The molecule has 4 fully saturated rings. The van der Waals surface area contributed by atoms with Gasteiger partial charge in [-0.25, -0.2) is 0 Å². The summed E-state index contributed by atoms with van der Waals surface area (Å²) in [5.41, 5.74) is 0.239. The summed E-state index contributed by atoms with van der Waals surface area (Å²) in [6.07, 6.45) is 6.93. The van der Waals surface area contributed by atoms with Gasteiger partial charge in [-0.3, -0.25) is 4.79 Å². The molecule has 0 saturated heterocycles. The molecule has 0 heterocycles. The van der Waals surface area contributed by atoms with Crippen LogP contribution >= 0.6 is 0 Å². The van der Waals surface area contributed by atoms with E-state index in [0.29, 0.717) is 35.9 Å². The second kappa shape index (κ2) is 4.80. The van der Waals surface area contributed by atoms with Gasteiger partial charge in [-0.15, -0.1) is 0 Å². The molecule has 3 nitrogen and oxygen atoms in total. The first-order chi connectivity index (χ1) is 10.4. The fourth-order valence-electron chi connectivity index (χ4n) is 6.99. The van der Waals surface area contributed by atoms with E-state index < -0.39 is 0 Å². The lowest BCUT2D eigenvalue weighted by Gasteiger charge is -2.61. The molecule has 4 aliphatic rings. The summed E-state index contributed by atoms with van der Waals surface area (Å²) < 4.78 is 0. The van der Waals surface area contributed by atoms with Crippen molar-refractivity contribution in [3.63, 3.8) is 0 Å². The normalized spacial score (nSPS) is 57.9. The maximum Gasteiger partial charge on any atom is 0.133 e. The lowest BCUT2D eigenvalue weighted by atomic mass is 9.44. The molecule has 0 aromatic heterocycles. The number of rotatable bonds is 0. The summed E-state index contributed by atoms with van der Waals surface area (Å²) in [6.45, 7) is 4.64. The molecule has 0 aliphatic heterocycles. The predicted molar refractivity (Wildman–Crippen MR) is 84.1 cm³/mol. The molecule has 8 atom stereocenters. The van der Waals surface area contributed by atoms with E-state index in [0.717, 1.165) is 44.9 Å². The molecule has 4 aliphatic carbocycles. The fraction of sp³-hybridized carbons (Fsp3) is 0.947. The molecule has 0 spiro atoms. The van der Waals surface area contributed by atoms with Crippen LogP contribution in [0.15, 0.2) is 0 Å². The molecule has 2 N–H and O–H groups in total. The molecule has 4 rings (SSSR count). The highest BCUT2D eigenvalue weighted by molar-refractivity contribution is 5.79. The van der Waals surface area contributed by atoms with Gasteiger partial charge in [0.25, 0.3) is 0 Å². The van der Waals surface area contributed by atoms with Crippen LogP contribution < -0.4 is 0 Å². The largest absolute Gasteiger partial charge is 0.393 e. The maximum atomic E-state index is 11.9. The molecule has 0 amide bonds. The number of ketones is 1. The zero-order chi connectivity index (χ0) is 15.7. The zero-order valence-electron chi connectivity index (χ0n) is 13.9. The number of aliphatic hydroxyl groups excluding tert-OH is 2. The average molecular weight is 306 g/mol. The van der Waals surface area contributed by atoms with Crippen molar-refractivity contribution < 1.29 is 15.0 Å². The molecule has 2 unspecified atom stereocenters. The van der Waals surface area contributed by atoms with Crippen LogP contribution in [-0.4, -0.2) is 28.2 Å². The minimum atomic E-state index is -0.274. The number of carbonyl (C=O) groups excluding carboxylic acids is 1. The molecule has 0 aromatic carbocycles. The molecule has 0 radical (unpaired) electrons. The minimum absolute atomic E-state index is 0.00975. The van der Waals surface area contributed by atoms with Gasteiger partial charge in [-0.1, -0.05) is 13.8 Å². The van der Waals surface area contributed by atoms with Crippen LogP contribution in [0.2, 0.25) is 0 Å². The Bertz CT molecular complexity index is 489. The molecule has 124 valence electrons. The third-order valence-corrected chi connectivity index (χ3v) is 8.45. The van der Waals surface area contributed by atoms with E-state index >= 15 is 0 Å². The fourth-order valence-corrected chi connectivity index (χ4v) is 6.99. The Morgan fingerprint density at radius 3 is 2.50 bits per heavy atom. The number of fused-ring (bicyclic) bond motifs is 5. The summed E-state index contributed by atoms with van der Waals surface area (Å²) in [6, 6.07) is 0.